The highest BCUT2D eigenvalue weighted by Crippen LogP contribution is 2.27. The Morgan fingerprint density at radius 3 is 2.32 bits per heavy atom. The van der Waals surface area contributed by atoms with Crippen LogP contribution < -0.4 is 0 Å². The van der Waals surface area contributed by atoms with E-state index in [0.29, 0.717) is 5.56 Å². The molecule has 0 spiro atoms. The molecular formula is C20H16O2. The minimum atomic E-state index is 0.0544. The minimum Gasteiger partial charge on any atom is -0.464 e. The van der Waals surface area contributed by atoms with Crippen LogP contribution in [0.15, 0.2) is 77.4 Å². The molecule has 2 nitrogen and oxygen atoms in total. The molecule has 3 aromatic rings. The number of carbonyl (C=O) groups is 1. The Labute approximate surface area is 129 Å². The number of rotatable bonds is 4. The lowest BCUT2D eigenvalue weighted by atomic mass is 9.97. The van der Waals surface area contributed by atoms with Gasteiger partial charge in [0.15, 0.2) is 5.78 Å². The second-order valence-electron chi connectivity index (χ2n) is 5.04. The summed E-state index contributed by atoms with van der Waals surface area (Å²) in [5.41, 5.74) is 3.61. The number of carbonyl (C=O) groups excluding carboxylic acids is 1. The topological polar surface area (TPSA) is 30.2 Å². The molecule has 0 aliphatic heterocycles. The predicted molar refractivity (Wildman–Crippen MR) is 88.6 cm³/mol. The van der Waals surface area contributed by atoms with Gasteiger partial charge in [-0.1, -0.05) is 54.6 Å². The second kappa shape index (κ2) is 6.27. The maximum atomic E-state index is 11.8. The van der Waals surface area contributed by atoms with Crippen LogP contribution in [-0.2, 0) is 0 Å². The molecule has 1 aromatic heterocycles. The van der Waals surface area contributed by atoms with Gasteiger partial charge in [-0.05, 0) is 36.3 Å². The number of ketones is 1. The molecule has 0 bridgehead atoms. The summed E-state index contributed by atoms with van der Waals surface area (Å²) in [4.78, 5) is 11.8. The van der Waals surface area contributed by atoms with E-state index in [0.717, 1.165) is 22.5 Å². The van der Waals surface area contributed by atoms with Crippen molar-refractivity contribution < 1.29 is 9.21 Å². The van der Waals surface area contributed by atoms with Crippen molar-refractivity contribution in [2.24, 2.45) is 0 Å². The molecule has 0 saturated heterocycles. The van der Waals surface area contributed by atoms with Crippen LogP contribution in [0.1, 0.15) is 34.2 Å². The fourth-order valence-electron chi connectivity index (χ4n) is 2.45. The molecule has 3 rings (SSSR count). The molecule has 1 heterocycles. The third kappa shape index (κ3) is 2.91. The molecule has 2 aromatic carbocycles. The monoisotopic (exact) mass is 288 g/mol. The molecule has 2 heteroatoms. The summed E-state index contributed by atoms with van der Waals surface area (Å²) in [6, 6.07) is 21.4. The van der Waals surface area contributed by atoms with E-state index in [1.165, 1.54) is 0 Å². The Balaban J connectivity index is 2.17. The van der Waals surface area contributed by atoms with Crippen LogP contribution in [0, 0.1) is 0 Å². The summed E-state index contributed by atoms with van der Waals surface area (Å²) in [6.45, 7) is 1.59. The van der Waals surface area contributed by atoms with Crippen LogP contribution in [0.4, 0.5) is 0 Å². The van der Waals surface area contributed by atoms with Gasteiger partial charge in [-0.2, -0.15) is 0 Å². The molecule has 0 fully saturated rings. The fraction of sp³-hybridized carbons (Fsp3) is 0.0500. The quantitative estimate of drug-likeness (QED) is 0.495. The van der Waals surface area contributed by atoms with E-state index < -0.39 is 0 Å². The van der Waals surface area contributed by atoms with Crippen LogP contribution in [-0.4, -0.2) is 5.78 Å². The normalized spacial score (nSPS) is 11.4. The largest absolute Gasteiger partial charge is 0.464 e. The van der Waals surface area contributed by atoms with E-state index in [1.807, 2.05) is 72.8 Å². The van der Waals surface area contributed by atoms with Crippen LogP contribution in [0.25, 0.3) is 11.6 Å². The van der Waals surface area contributed by atoms with Gasteiger partial charge in [0.25, 0.3) is 0 Å². The van der Waals surface area contributed by atoms with Crippen molar-refractivity contribution in [3.05, 3.63) is 95.4 Å². The molecule has 0 saturated carbocycles. The average molecular weight is 288 g/mol. The third-order valence-electron chi connectivity index (χ3n) is 3.51. The standard InChI is InChI=1S/C20H16O2/c1-15(21)18-11-6-5-10-17(18)14-19(20-12-7-13-22-20)16-8-3-2-4-9-16/h2-14H,1H3/b19-14-. The molecule has 22 heavy (non-hydrogen) atoms. The SMILES string of the molecule is CC(=O)c1ccccc1/C=C(/c1ccccc1)c1ccco1. The first-order valence-corrected chi connectivity index (χ1v) is 7.16. The minimum absolute atomic E-state index is 0.0544. The maximum Gasteiger partial charge on any atom is 0.160 e. The van der Waals surface area contributed by atoms with Crippen LogP contribution >= 0.6 is 0 Å². The lowest BCUT2D eigenvalue weighted by molar-refractivity contribution is 0.101. The van der Waals surface area contributed by atoms with Crippen molar-refractivity contribution in [3.8, 4) is 0 Å². The molecule has 0 amide bonds. The Morgan fingerprint density at radius 2 is 1.64 bits per heavy atom. The molecule has 0 N–H and O–H groups in total. The highest BCUT2D eigenvalue weighted by Gasteiger charge is 2.10. The van der Waals surface area contributed by atoms with Gasteiger partial charge in [-0.25, -0.2) is 0 Å². The van der Waals surface area contributed by atoms with Crippen molar-refractivity contribution in [2.75, 3.05) is 0 Å². The molecule has 0 unspecified atom stereocenters. The molecule has 0 aliphatic rings. The van der Waals surface area contributed by atoms with E-state index >= 15 is 0 Å². The number of hydrogen-bond acceptors (Lipinski definition) is 2. The van der Waals surface area contributed by atoms with Gasteiger partial charge in [-0.3, -0.25) is 4.79 Å². The molecule has 0 radical (unpaired) electrons. The summed E-state index contributed by atoms with van der Waals surface area (Å²) in [6.07, 6.45) is 3.66. The van der Waals surface area contributed by atoms with Crippen molar-refractivity contribution in [1.82, 2.24) is 0 Å². The first-order chi connectivity index (χ1) is 10.8. The zero-order valence-electron chi connectivity index (χ0n) is 12.3. The number of benzene rings is 2. The van der Waals surface area contributed by atoms with Gasteiger partial charge in [0.05, 0.1) is 6.26 Å². The number of Topliss-reactive ketones (excluding diaryl/α,β-unsaturated/α-hetero) is 1. The summed E-state index contributed by atoms with van der Waals surface area (Å²) < 4.78 is 5.57. The maximum absolute atomic E-state index is 11.8. The molecular weight excluding hydrogens is 272 g/mol. The smallest absolute Gasteiger partial charge is 0.160 e. The highest BCUT2D eigenvalue weighted by molar-refractivity contribution is 6.00. The van der Waals surface area contributed by atoms with Gasteiger partial charge in [0.1, 0.15) is 5.76 Å². The summed E-state index contributed by atoms with van der Waals surface area (Å²) >= 11 is 0. The van der Waals surface area contributed by atoms with E-state index in [-0.39, 0.29) is 5.78 Å². The number of furan rings is 1. The van der Waals surface area contributed by atoms with E-state index in [2.05, 4.69) is 0 Å². The zero-order valence-corrected chi connectivity index (χ0v) is 12.3. The first-order valence-electron chi connectivity index (χ1n) is 7.16. The third-order valence-corrected chi connectivity index (χ3v) is 3.51. The van der Waals surface area contributed by atoms with Gasteiger partial charge in [0.2, 0.25) is 0 Å². The summed E-state index contributed by atoms with van der Waals surface area (Å²) in [5, 5.41) is 0. The van der Waals surface area contributed by atoms with E-state index in [9.17, 15) is 4.79 Å². The average Bonchev–Trinajstić information content (AvgIpc) is 3.08. The van der Waals surface area contributed by atoms with E-state index in [1.54, 1.807) is 13.2 Å². The Kier molecular flexibility index (Phi) is 4.01. The van der Waals surface area contributed by atoms with Crippen LogP contribution in [0.2, 0.25) is 0 Å². The van der Waals surface area contributed by atoms with Crippen LogP contribution in [0.5, 0.6) is 0 Å². The van der Waals surface area contributed by atoms with Crippen molar-refractivity contribution in [2.45, 2.75) is 6.92 Å². The lowest BCUT2D eigenvalue weighted by Gasteiger charge is -2.08. The fourth-order valence-corrected chi connectivity index (χ4v) is 2.45. The summed E-state index contributed by atoms with van der Waals surface area (Å²) in [7, 11) is 0. The Bertz CT molecular complexity index is 797. The lowest BCUT2D eigenvalue weighted by Crippen LogP contribution is -1.96. The van der Waals surface area contributed by atoms with Crippen molar-refractivity contribution >= 4 is 17.4 Å². The Hall–Kier alpha value is -2.87. The predicted octanol–water partition coefficient (Wildman–Crippen LogP) is 5.07. The van der Waals surface area contributed by atoms with Crippen molar-refractivity contribution in [3.63, 3.8) is 0 Å². The second-order valence-corrected chi connectivity index (χ2v) is 5.04. The van der Waals surface area contributed by atoms with Gasteiger partial charge in [0, 0.05) is 11.1 Å². The first kappa shape index (κ1) is 14.1. The number of hydrogen-bond donors (Lipinski definition) is 0. The molecule has 108 valence electrons. The van der Waals surface area contributed by atoms with Crippen molar-refractivity contribution in [1.29, 1.82) is 0 Å². The van der Waals surface area contributed by atoms with Gasteiger partial charge >= 0.3 is 0 Å². The van der Waals surface area contributed by atoms with Gasteiger partial charge in [-0.15, -0.1) is 0 Å². The Morgan fingerprint density at radius 1 is 0.909 bits per heavy atom. The highest BCUT2D eigenvalue weighted by atomic mass is 16.3. The molecule has 0 aliphatic carbocycles. The van der Waals surface area contributed by atoms with Gasteiger partial charge < -0.3 is 4.42 Å². The molecule has 0 atom stereocenters. The van der Waals surface area contributed by atoms with E-state index in [4.69, 9.17) is 4.42 Å². The zero-order chi connectivity index (χ0) is 15.4. The van der Waals surface area contributed by atoms with Crippen LogP contribution in [0.3, 0.4) is 0 Å². The summed E-state index contributed by atoms with van der Waals surface area (Å²) in [5.74, 6) is 0.836.